The zero-order valence-corrected chi connectivity index (χ0v) is 9.53. The Bertz CT molecular complexity index is 326. The Morgan fingerprint density at radius 1 is 1.13 bits per heavy atom. The zero-order valence-electron chi connectivity index (χ0n) is 8.77. The second kappa shape index (κ2) is 3.80. The Morgan fingerprint density at radius 3 is 2.40 bits per heavy atom. The third-order valence-electron chi connectivity index (χ3n) is 3.87. The van der Waals surface area contributed by atoms with E-state index in [0.717, 1.165) is 30.2 Å². The van der Waals surface area contributed by atoms with Crippen molar-refractivity contribution in [3.8, 4) is 0 Å². The van der Waals surface area contributed by atoms with Crippen molar-refractivity contribution in [1.82, 2.24) is 4.90 Å². The van der Waals surface area contributed by atoms with Gasteiger partial charge in [0.15, 0.2) is 0 Å². The molecule has 1 unspecified atom stereocenters. The van der Waals surface area contributed by atoms with Gasteiger partial charge in [-0.05, 0) is 23.3 Å². The molecule has 1 nitrogen and oxygen atoms in total. The van der Waals surface area contributed by atoms with E-state index in [2.05, 4.69) is 35.2 Å². The Labute approximate surface area is 96.0 Å². The van der Waals surface area contributed by atoms with Crippen molar-refractivity contribution in [2.45, 2.75) is 6.54 Å². The minimum Gasteiger partial charge on any atom is -0.298 e. The van der Waals surface area contributed by atoms with E-state index in [1.165, 1.54) is 18.7 Å². The van der Waals surface area contributed by atoms with Gasteiger partial charge in [-0.25, -0.2) is 0 Å². The average molecular weight is 222 g/mol. The number of piperidine rings is 1. The molecule has 0 N–H and O–H groups in total. The summed E-state index contributed by atoms with van der Waals surface area (Å²) < 4.78 is 0. The van der Waals surface area contributed by atoms with E-state index in [9.17, 15) is 0 Å². The van der Waals surface area contributed by atoms with Crippen LogP contribution in [0.15, 0.2) is 30.3 Å². The van der Waals surface area contributed by atoms with Gasteiger partial charge >= 0.3 is 0 Å². The van der Waals surface area contributed by atoms with Gasteiger partial charge in [-0.3, -0.25) is 4.90 Å². The molecule has 1 saturated carbocycles. The fourth-order valence-electron chi connectivity index (χ4n) is 2.94. The molecule has 3 atom stereocenters. The number of hydrogen-bond donors (Lipinski definition) is 0. The largest absolute Gasteiger partial charge is 0.298 e. The summed E-state index contributed by atoms with van der Waals surface area (Å²) in [6.07, 6.45) is 0. The van der Waals surface area contributed by atoms with Crippen LogP contribution in [0.25, 0.3) is 0 Å². The molecule has 2 aliphatic rings. The summed E-state index contributed by atoms with van der Waals surface area (Å²) in [6.45, 7) is 3.64. The smallest absolute Gasteiger partial charge is 0.0258 e. The highest BCUT2D eigenvalue weighted by Crippen LogP contribution is 2.52. The first kappa shape index (κ1) is 9.68. The van der Waals surface area contributed by atoms with E-state index < -0.39 is 0 Å². The van der Waals surface area contributed by atoms with Crippen LogP contribution in [0.3, 0.4) is 0 Å². The molecule has 2 heteroatoms. The first-order valence-corrected chi connectivity index (χ1v) is 6.24. The second-order valence-corrected chi connectivity index (χ2v) is 5.13. The normalized spacial score (nSPS) is 34.1. The molecule has 1 aliphatic heterocycles. The Morgan fingerprint density at radius 2 is 1.80 bits per heavy atom. The van der Waals surface area contributed by atoms with Crippen molar-refractivity contribution in [2.24, 2.45) is 17.8 Å². The summed E-state index contributed by atoms with van der Waals surface area (Å²) in [7, 11) is 0. The van der Waals surface area contributed by atoms with Crippen molar-refractivity contribution in [3.63, 3.8) is 0 Å². The molecule has 3 rings (SSSR count). The monoisotopic (exact) mass is 221 g/mol. The Hall–Kier alpha value is -0.530. The fourth-order valence-corrected chi connectivity index (χ4v) is 3.39. The number of hydrogen-bond acceptors (Lipinski definition) is 1. The van der Waals surface area contributed by atoms with Crippen LogP contribution in [0.5, 0.6) is 0 Å². The summed E-state index contributed by atoms with van der Waals surface area (Å²) in [4.78, 5) is 2.56. The van der Waals surface area contributed by atoms with Gasteiger partial charge in [-0.2, -0.15) is 0 Å². The van der Waals surface area contributed by atoms with E-state index in [1.807, 2.05) is 0 Å². The number of rotatable bonds is 3. The molecule has 0 bridgehead atoms. The predicted octanol–water partition coefficient (Wildman–Crippen LogP) is 2.60. The van der Waals surface area contributed by atoms with Gasteiger partial charge < -0.3 is 0 Å². The van der Waals surface area contributed by atoms with Gasteiger partial charge in [0.2, 0.25) is 0 Å². The lowest BCUT2D eigenvalue weighted by Crippen LogP contribution is -2.24. The maximum Gasteiger partial charge on any atom is 0.0258 e. The second-order valence-electron chi connectivity index (χ2n) is 4.83. The summed E-state index contributed by atoms with van der Waals surface area (Å²) in [5, 5.41) is 0. The standard InChI is InChI=1S/C13H16ClN/c14-6-11-12-8-15(9-13(11)12)7-10-4-2-1-3-5-10/h1-5,11-13H,6-9H2/t11?,12-,13+. The summed E-state index contributed by atoms with van der Waals surface area (Å²) in [6, 6.07) is 10.7. The van der Waals surface area contributed by atoms with Crippen LogP contribution in [-0.4, -0.2) is 23.9 Å². The van der Waals surface area contributed by atoms with E-state index in [4.69, 9.17) is 11.6 Å². The molecule has 0 spiro atoms. The molecular weight excluding hydrogens is 206 g/mol. The minimum atomic E-state index is 0.832. The maximum absolute atomic E-state index is 5.89. The molecule has 1 aromatic carbocycles. The summed E-state index contributed by atoms with van der Waals surface area (Å²) >= 11 is 5.89. The number of fused-ring (bicyclic) bond motifs is 1. The topological polar surface area (TPSA) is 3.24 Å². The molecule has 15 heavy (non-hydrogen) atoms. The van der Waals surface area contributed by atoms with Crippen LogP contribution in [0.1, 0.15) is 5.56 Å². The molecule has 1 saturated heterocycles. The van der Waals surface area contributed by atoms with Crippen LogP contribution < -0.4 is 0 Å². The predicted molar refractivity (Wildman–Crippen MR) is 62.9 cm³/mol. The quantitative estimate of drug-likeness (QED) is 0.710. The first-order valence-electron chi connectivity index (χ1n) is 5.70. The average Bonchev–Trinajstić information content (AvgIpc) is 2.75. The number of alkyl halides is 1. The lowest BCUT2D eigenvalue weighted by molar-refractivity contribution is 0.282. The van der Waals surface area contributed by atoms with Gasteiger partial charge in [0.05, 0.1) is 0 Å². The van der Waals surface area contributed by atoms with Crippen molar-refractivity contribution in [3.05, 3.63) is 35.9 Å². The van der Waals surface area contributed by atoms with Crippen LogP contribution >= 0.6 is 11.6 Å². The molecule has 80 valence electrons. The third kappa shape index (κ3) is 1.79. The molecule has 1 aliphatic carbocycles. The van der Waals surface area contributed by atoms with E-state index in [1.54, 1.807) is 0 Å². The van der Waals surface area contributed by atoms with Gasteiger partial charge in [-0.1, -0.05) is 30.3 Å². The van der Waals surface area contributed by atoms with Crippen molar-refractivity contribution >= 4 is 11.6 Å². The van der Waals surface area contributed by atoms with Gasteiger partial charge in [-0.15, -0.1) is 11.6 Å². The molecule has 1 heterocycles. The highest BCUT2D eigenvalue weighted by atomic mass is 35.5. The molecular formula is C13H16ClN. The molecule has 0 aromatic heterocycles. The van der Waals surface area contributed by atoms with Crippen LogP contribution in [0, 0.1) is 17.8 Å². The van der Waals surface area contributed by atoms with Gasteiger partial charge in [0.1, 0.15) is 0 Å². The molecule has 0 radical (unpaired) electrons. The number of halogens is 1. The Balaban J connectivity index is 1.56. The minimum absolute atomic E-state index is 0.832. The number of likely N-dealkylation sites (tertiary alicyclic amines) is 1. The lowest BCUT2D eigenvalue weighted by Gasteiger charge is -2.18. The number of nitrogens with zero attached hydrogens (tertiary/aromatic N) is 1. The van der Waals surface area contributed by atoms with E-state index in [-0.39, 0.29) is 0 Å². The zero-order chi connectivity index (χ0) is 10.3. The summed E-state index contributed by atoms with van der Waals surface area (Å²) in [5.41, 5.74) is 1.43. The van der Waals surface area contributed by atoms with Gasteiger partial charge in [0.25, 0.3) is 0 Å². The molecule has 0 amide bonds. The van der Waals surface area contributed by atoms with Crippen LogP contribution in [0.4, 0.5) is 0 Å². The van der Waals surface area contributed by atoms with Crippen molar-refractivity contribution in [2.75, 3.05) is 19.0 Å². The lowest BCUT2D eigenvalue weighted by atomic mass is 10.2. The highest BCUT2D eigenvalue weighted by Gasteiger charge is 2.54. The van der Waals surface area contributed by atoms with E-state index >= 15 is 0 Å². The maximum atomic E-state index is 5.89. The van der Waals surface area contributed by atoms with Crippen molar-refractivity contribution < 1.29 is 0 Å². The molecule has 2 fully saturated rings. The third-order valence-corrected chi connectivity index (χ3v) is 4.23. The Kier molecular flexibility index (Phi) is 2.45. The van der Waals surface area contributed by atoms with E-state index in [0.29, 0.717) is 0 Å². The molecule has 1 aromatic rings. The SMILES string of the molecule is ClCC1[C@H]2CN(Cc3ccccc3)C[C@@H]12. The van der Waals surface area contributed by atoms with Gasteiger partial charge in [0, 0.05) is 25.5 Å². The van der Waals surface area contributed by atoms with Crippen LogP contribution in [-0.2, 0) is 6.54 Å². The fraction of sp³-hybridized carbons (Fsp3) is 0.538. The number of benzene rings is 1. The highest BCUT2D eigenvalue weighted by molar-refractivity contribution is 6.18. The van der Waals surface area contributed by atoms with Crippen molar-refractivity contribution in [1.29, 1.82) is 0 Å². The first-order chi connectivity index (χ1) is 7.38. The van der Waals surface area contributed by atoms with Crippen LogP contribution in [0.2, 0.25) is 0 Å². The summed E-state index contributed by atoms with van der Waals surface area (Å²) in [5.74, 6) is 3.52.